The zero-order valence-electron chi connectivity index (χ0n) is 9.72. The summed E-state index contributed by atoms with van der Waals surface area (Å²) in [7, 11) is 1.39. The molecule has 18 heavy (non-hydrogen) atoms. The monoisotopic (exact) mass is 269 g/mol. The molecule has 2 rings (SSSR count). The fourth-order valence-electron chi connectivity index (χ4n) is 2.03. The smallest absolute Gasteiger partial charge is 0.341 e. The third-order valence-corrected chi connectivity index (χ3v) is 3.10. The summed E-state index contributed by atoms with van der Waals surface area (Å²) in [5.41, 5.74) is 0.314. The second-order valence-electron chi connectivity index (χ2n) is 3.97. The van der Waals surface area contributed by atoms with Crippen LogP contribution in [0.25, 0.3) is 0 Å². The summed E-state index contributed by atoms with van der Waals surface area (Å²) >= 11 is 5.92. The summed E-state index contributed by atoms with van der Waals surface area (Å²) in [5.74, 6) is -1.08. The predicted molar refractivity (Wildman–Crippen MR) is 66.6 cm³/mol. The summed E-state index contributed by atoms with van der Waals surface area (Å²) in [6.07, 6.45) is 0.220. The number of nitrogens with zero attached hydrogens (tertiary/aromatic N) is 1. The topological polar surface area (TPSA) is 66.8 Å². The van der Waals surface area contributed by atoms with E-state index >= 15 is 0 Å². The number of methoxy groups -OCH3 is 1. The number of aromatic carboxylic acids is 1. The van der Waals surface area contributed by atoms with E-state index < -0.39 is 5.97 Å². The SMILES string of the molecule is COc1cccc(N2CC(Cl)CC2=O)c1C(=O)O. The highest BCUT2D eigenvalue weighted by molar-refractivity contribution is 6.24. The number of carboxylic acids is 1. The van der Waals surface area contributed by atoms with Gasteiger partial charge >= 0.3 is 5.97 Å². The third kappa shape index (κ3) is 2.13. The molecule has 1 saturated heterocycles. The minimum absolute atomic E-state index is 0.0147. The fraction of sp³-hybridized carbons (Fsp3) is 0.333. The molecule has 0 bridgehead atoms. The number of hydrogen-bond acceptors (Lipinski definition) is 3. The quantitative estimate of drug-likeness (QED) is 0.849. The Morgan fingerprint density at radius 2 is 2.28 bits per heavy atom. The van der Waals surface area contributed by atoms with E-state index in [2.05, 4.69) is 0 Å². The van der Waals surface area contributed by atoms with Crippen LogP contribution in [0.4, 0.5) is 5.69 Å². The highest BCUT2D eigenvalue weighted by Gasteiger charge is 2.32. The van der Waals surface area contributed by atoms with Crippen molar-refractivity contribution in [2.45, 2.75) is 11.8 Å². The van der Waals surface area contributed by atoms with Crippen molar-refractivity contribution in [1.82, 2.24) is 0 Å². The lowest BCUT2D eigenvalue weighted by molar-refractivity contribution is -0.117. The molecule has 1 N–H and O–H groups in total. The first-order valence-corrected chi connectivity index (χ1v) is 5.83. The van der Waals surface area contributed by atoms with E-state index in [0.29, 0.717) is 12.2 Å². The van der Waals surface area contributed by atoms with Crippen LogP contribution < -0.4 is 9.64 Å². The first-order valence-electron chi connectivity index (χ1n) is 5.39. The number of halogens is 1. The summed E-state index contributed by atoms with van der Waals surface area (Å²) in [6.45, 7) is 0.313. The van der Waals surface area contributed by atoms with Gasteiger partial charge in [0, 0.05) is 13.0 Å². The zero-order valence-corrected chi connectivity index (χ0v) is 10.5. The Morgan fingerprint density at radius 1 is 1.56 bits per heavy atom. The minimum atomic E-state index is -1.13. The number of anilines is 1. The van der Waals surface area contributed by atoms with E-state index in [-0.39, 0.29) is 29.0 Å². The molecular weight excluding hydrogens is 258 g/mol. The van der Waals surface area contributed by atoms with E-state index in [4.69, 9.17) is 16.3 Å². The Morgan fingerprint density at radius 3 is 2.78 bits per heavy atom. The molecule has 1 aliphatic rings. The first-order chi connectivity index (χ1) is 8.54. The van der Waals surface area contributed by atoms with Crippen LogP contribution in [0.5, 0.6) is 5.75 Å². The second-order valence-corrected chi connectivity index (χ2v) is 4.58. The molecule has 0 aromatic heterocycles. The van der Waals surface area contributed by atoms with Crippen LogP contribution in [0.2, 0.25) is 0 Å². The normalized spacial score (nSPS) is 19.1. The lowest BCUT2D eigenvalue weighted by atomic mass is 10.1. The lowest BCUT2D eigenvalue weighted by Gasteiger charge is -2.19. The highest BCUT2D eigenvalue weighted by Crippen LogP contribution is 2.32. The number of carbonyl (C=O) groups is 2. The van der Waals surface area contributed by atoms with Gasteiger partial charge in [-0.05, 0) is 12.1 Å². The number of ether oxygens (including phenoxy) is 1. The Bertz CT molecular complexity index is 503. The standard InChI is InChI=1S/C12H12ClNO4/c1-18-9-4-2-3-8(11(9)12(16)17)14-6-7(13)5-10(14)15/h2-4,7H,5-6H2,1H3,(H,16,17). The molecule has 0 radical (unpaired) electrons. The van der Waals surface area contributed by atoms with Crippen LogP contribution in [0, 0.1) is 0 Å². The molecule has 1 aliphatic heterocycles. The molecule has 1 aromatic rings. The molecule has 1 heterocycles. The number of benzene rings is 1. The van der Waals surface area contributed by atoms with Gasteiger partial charge in [-0.3, -0.25) is 4.79 Å². The maximum atomic E-state index is 11.8. The average molecular weight is 270 g/mol. The van der Waals surface area contributed by atoms with Gasteiger partial charge < -0.3 is 14.7 Å². The Kier molecular flexibility index (Phi) is 3.43. The van der Waals surface area contributed by atoms with E-state index in [1.54, 1.807) is 18.2 Å². The van der Waals surface area contributed by atoms with Gasteiger partial charge in [-0.25, -0.2) is 4.79 Å². The van der Waals surface area contributed by atoms with E-state index in [9.17, 15) is 14.7 Å². The summed E-state index contributed by atoms with van der Waals surface area (Å²) in [4.78, 5) is 24.5. The maximum absolute atomic E-state index is 11.8. The summed E-state index contributed by atoms with van der Waals surface area (Å²) in [6, 6.07) is 4.78. The molecule has 1 aromatic carbocycles. The Balaban J connectivity index is 2.50. The van der Waals surface area contributed by atoms with Crippen molar-refractivity contribution in [3.8, 4) is 5.75 Å². The zero-order chi connectivity index (χ0) is 13.3. The molecule has 1 unspecified atom stereocenters. The van der Waals surface area contributed by atoms with Crippen LogP contribution in [-0.4, -0.2) is 36.0 Å². The fourth-order valence-corrected chi connectivity index (χ4v) is 2.30. The highest BCUT2D eigenvalue weighted by atomic mass is 35.5. The largest absolute Gasteiger partial charge is 0.496 e. The van der Waals surface area contributed by atoms with E-state index in [0.717, 1.165) is 0 Å². The lowest BCUT2D eigenvalue weighted by Crippen LogP contribution is -2.26. The van der Waals surface area contributed by atoms with Gasteiger partial charge in [-0.15, -0.1) is 11.6 Å². The van der Waals surface area contributed by atoms with Gasteiger partial charge in [-0.2, -0.15) is 0 Å². The van der Waals surface area contributed by atoms with Gasteiger partial charge in [0.1, 0.15) is 11.3 Å². The molecule has 0 spiro atoms. The van der Waals surface area contributed by atoms with Crippen LogP contribution in [-0.2, 0) is 4.79 Å². The van der Waals surface area contributed by atoms with E-state index in [1.165, 1.54) is 12.0 Å². The van der Waals surface area contributed by atoms with Gasteiger partial charge in [0.2, 0.25) is 5.91 Å². The van der Waals surface area contributed by atoms with Gasteiger partial charge in [-0.1, -0.05) is 6.07 Å². The predicted octanol–water partition coefficient (Wildman–Crippen LogP) is 1.74. The summed E-state index contributed by atoms with van der Waals surface area (Å²) < 4.78 is 5.02. The molecule has 1 fully saturated rings. The number of rotatable bonds is 3. The van der Waals surface area contributed by atoms with Crippen molar-refractivity contribution >= 4 is 29.2 Å². The molecule has 5 nitrogen and oxygen atoms in total. The molecule has 0 saturated carbocycles. The van der Waals surface area contributed by atoms with Crippen LogP contribution in [0.3, 0.4) is 0 Å². The second kappa shape index (κ2) is 4.86. The van der Waals surface area contributed by atoms with Gasteiger partial charge in [0.05, 0.1) is 18.2 Å². The molecule has 6 heteroatoms. The number of hydrogen-bond donors (Lipinski definition) is 1. The van der Waals surface area contributed by atoms with Crippen molar-refractivity contribution < 1.29 is 19.4 Å². The first kappa shape index (κ1) is 12.7. The molecule has 0 aliphatic carbocycles. The number of alkyl halides is 1. The van der Waals surface area contributed by atoms with Crippen molar-refractivity contribution in [2.75, 3.05) is 18.6 Å². The van der Waals surface area contributed by atoms with Crippen molar-refractivity contribution in [3.63, 3.8) is 0 Å². The molecule has 1 atom stereocenters. The van der Waals surface area contributed by atoms with E-state index in [1.807, 2.05) is 0 Å². The third-order valence-electron chi connectivity index (χ3n) is 2.81. The van der Waals surface area contributed by atoms with Crippen LogP contribution >= 0.6 is 11.6 Å². The number of carboxylic acid groups (broad SMARTS) is 1. The Hall–Kier alpha value is -1.75. The van der Waals surface area contributed by atoms with Crippen molar-refractivity contribution in [1.29, 1.82) is 0 Å². The average Bonchev–Trinajstić information content (AvgIpc) is 2.67. The van der Waals surface area contributed by atoms with Gasteiger partial charge in [0.15, 0.2) is 0 Å². The number of carbonyl (C=O) groups excluding carboxylic acids is 1. The molecule has 1 amide bonds. The van der Waals surface area contributed by atoms with Crippen molar-refractivity contribution in [2.24, 2.45) is 0 Å². The number of amides is 1. The molecule has 96 valence electrons. The minimum Gasteiger partial charge on any atom is -0.496 e. The summed E-state index contributed by atoms with van der Waals surface area (Å²) in [5, 5.41) is 8.95. The van der Waals surface area contributed by atoms with Gasteiger partial charge in [0.25, 0.3) is 0 Å². The Labute approximate surface area is 109 Å². The molecular formula is C12H12ClNO4. The van der Waals surface area contributed by atoms with Crippen LogP contribution in [0.1, 0.15) is 16.8 Å². The van der Waals surface area contributed by atoms with Crippen LogP contribution in [0.15, 0.2) is 18.2 Å². The maximum Gasteiger partial charge on any atom is 0.341 e. The van der Waals surface area contributed by atoms with Crippen molar-refractivity contribution in [3.05, 3.63) is 23.8 Å².